The lowest BCUT2D eigenvalue weighted by molar-refractivity contribution is -0.122. The van der Waals surface area contributed by atoms with E-state index in [-0.39, 0.29) is 18.0 Å². The Bertz CT molecular complexity index is 866. The number of hydrazone groups is 1. The second-order valence-corrected chi connectivity index (χ2v) is 6.23. The number of nitrogens with one attached hydrogen (secondary N) is 3. The summed E-state index contributed by atoms with van der Waals surface area (Å²) in [5, 5.41) is 3.97. The van der Waals surface area contributed by atoms with E-state index < -0.39 is 0 Å². The Hall–Kier alpha value is -3.16. The van der Waals surface area contributed by atoms with Gasteiger partial charge in [0.2, 0.25) is 0 Å². The van der Waals surface area contributed by atoms with Crippen molar-refractivity contribution in [3.05, 3.63) is 65.7 Å². The fourth-order valence-corrected chi connectivity index (χ4v) is 3.06. The van der Waals surface area contributed by atoms with Gasteiger partial charge in [0, 0.05) is 17.3 Å². The van der Waals surface area contributed by atoms with Gasteiger partial charge < -0.3 is 9.47 Å². The number of methoxy groups -OCH3 is 2. The number of carbonyl (C=O) groups is 1. The number of amides is 1. The van der Waals surface area contributed by atoms with Crippen LogP contribution in [0.15, 0.2) is 59.7 Å². The van der Waals surface area contributed by atoms with Crippen LogP contribution < -0.4 is 25.8 Å². The molecule has 0 bridgehead atoms. The lowest BCUT2D eigenvalue weighted by atomic mass is 10.0. The molecule has 2 aromatic carbocycles. The lowest BCUT2D eigenvalue weighted by Crippen LogP contribution is -2.41. The summed E-state index contributed by atoms with van der Waals surface area (Å²) in [6, 6.07) is 15.0. The zero-order chi connectivity index (χ0) is 19.8. The van der Waals surface area contributed by atoms with Gasteiger partial charge >= 0.3 is 0 Å². The van der Waals surface area contributed by atoms with Crippen molar-refractivity contribution in [1.29, 1.82) is 0 Å². The Balaban J connectivity index is 1.52. The molecule has 1 heterocycles. The van der Waals surface area contributed by atoms with E-state index in [0.29, 0.717) is 6.42 Å². The van der Waals surface area contributed by atoms with Crippen LogP contribution >= 0.6 is 0 Å². The van der Waals surface area contributed by atoms with E-state index in [9.17, 15) is 4.79 Å². The average Bonchev–Trinajstić information content (AvgIpc) is 3.24. The van der Waals surface area contributed by atoms with E-state index >= 15 is 0 Å². The van der Waals surface area contributed by atoms with Gasteiger partial charge in [-0.2, -0.15) is 5.10 Å². The minimum absolute atomic E-state index is 0.0127. The quantitative estimate of drug-likeness (QED) is 0.508. The normalized spacial score (nSPS) is 19.2. The average molecular weight is 380 g/mol. The van der Waals surface area contributed by atoms with Gasteiger partial charge in [0.05, 0.1) is 20.3 Å². The third kappa shape index (κ3) is 4.76. The Labute approximate surface area is 164 Å². The van der Waals surface area contributed by atoms with Crippen molar-refractivity contribution in [3.63, 3.8) is 0 Å². The molecule has 0 spiro atoms. The smallest absolute Gasteiger partial charge is 0.258 e. The third-order valence-corrected chi connectivity index (χ3v) is 4.48. The lowest BCUT2D eigenvalue weighted by Gasteiger charge is -2.13. The molecule has 3 rings (SSSR count). The monoisotopic (exact) mass is 380 g/mol. The number of rotatable bonds is 7. The number of hydrogen-bond acceptors (Lipinski definition) is 6. The minimum atomic E-state index is -0.384. The van der Waals surface area contributed by atoms with E-state index in [0.717, 1.165) is 22.6 Å². The Morgan fingerprint density at radius 3 is 2.57 bits per heavy atom. The Kier molecular flexibility index (Phi) is 6.78. The highest BCUT2D eigenvalue weighted by molar-refractivity contribution is 5.84. The van der Waals surface area contributed by atoms with E-state index in [1.807, 2.05) is 54.6 Å². The standard InChI is InChI=1S/C21H24N4O3/c1-27-19-11-5-3-8-15(19)9-7-13-22-25-21(26)18-14-17(23-24-18)16-10-4-6-12-20(16)28-2/h3-13,17-18,23-24H,14H2,1-2H3,(H,25,26)/b9-7+,22-13+. The molecule has 2 aromatic rings. The van der Waals surface area contributed by atoms with Crippen molar-refractivity contribution in [1.82, 2.24) is 16.3 Å². The highest BCUT2D eigenvalue weighted by Crippen LogP contribution is 2.29. The number of hydrazine groups is 1. The van der Waals surface area contributed by atoms with Crippen LogP contribution in [0.4, 0.5) is 0 Å². The van der Waals surface area contributed by atoms with Crippen molar-refractivity contribution in [2.45, 2.75) is 18.5 Å². The molecule has 1 aliphatic heterocycles. The van der Waals surface area contributed by atoms with Crippen LogP contribution in [0.2, 0.25) is 0 Å². The highest BCUT2D eigenvalue weighted by Gasteiger charge is 2.31. The largest absolute Gasteiger partial charge is 0.496 e. The summed E-state index contributed by atoms with van der Waals surface area (Å²) in [7, 11) is 3.26. The summed E-state index contributed by atoms with van der Waals surface area (Å²) in [6.07, 6.45) is 5.74. The summed E-state index contributed by atoms with van der Waals surface area (Å²) in [5.41, 5.74) is 10.7. The zero-order valence-electron chi connectivity index (χ0n) is 15.9. The molecule has 1 amide bonds. The minimum Gasteiger partial charge on any atom is -0.496 e. The first-order chi connectivity index (χ1) is 13.7. The van der Waals surface area contributed by atoms with Crippen molar-refractivity contribution in [3.8, 4) is 11.5 Å². The first-order valence-corrected chi connectivity index (χ1v) is 8.99. The number of para-hydroxylation sites is 2. The molecule has 7 heteroatoms. The molecule has 3 N–H and O–H groups in total. The molecule has 2 unspecified atom stereocenters. The number of hydrogen-bond donors (Lipinski definition) is 3. The molecule has 0 aliphatic carbocycles. The number of allylic oxidation sites excluding steroid dienone is 1. The van der Waals surface area contributed by atoms with Crippen molar-refractivity contribution in [2.24, 2.45) is 5.10 Å². The van der Waals surface area contributed by atoms with Crippen molar-refractivity contribution >= 4 is 18.2 Å². The van der Waals surface area contributed by atoms with Gasteiger partial charge in [-0.05, 0) is 30.7 Å². The predicted molar refractivity (Wildman–Crippen MR) is 109 cm³/mol. The molecule has 0 saturated carbocycles. The third-order valence-electron chi connectivity index (χ3n) is 4.48. The maximum atomic E-state index is 12.3. The fourth-order valence-electron chi connectivity index (χ4n) is 3.06. The number of carbonyl (C=O) groups excluding carboxylic acids is 1. The van der Waals surface area contributed by atoms with Crippen LogP contribution in [0, 0.1) is 0 Å². The predicted octanol–water partition coefficient (Wildman–Crippen LogP) is 2.43. The molecule has 28 heavy (non-hydrogen) atoms. The maximum absolute atomic E-state index is 12.3. The van der Waals surface area contributed by atoms with Crippen molar-refractivity contribution < 1.29 is 14.3 Å². The SMILES string of the molecule is COc1ccccc1/C=C/C=N/NC(=O)C1CC(c2ccccc2OC)NN1. The van der Waals surface area contributed by atoms with E-state index in [1.165, 1.54) is 6.21 Å². The topological polar surface area (TPSA) is 84.0 Å². The van der Waals surface area contributed by atoms with Gasteiger partial charge in [0.15, 0.2) is 0 Å². The van der Waals surface area contributed by atoms with Gasteiger partial charge in [-0.1, -0.05) is 36.4 Å². The van der Waals surface area contributed by atoms with Crippen LogP contribution in [-0.4, -0.2) is 32.4 Å². The fraction of sp³-hybridized carbons (Fsp3) is 0.238. The van der Waals surface area contributed by atoms with Crippen LogP contribution in [0.25, 0.3) is 6.08 Å². The van der Waals surface area contributed by atoms with E-state index in [4.69, 9.17) is 9.47 Å². The van der Waals surface area contributed by atoms with Gasteiger partial charge in [-0.3, -0.25) is 4.79 Å². The molecular weight excluding hydrogens is 356 g/mol. The number of nitrogens with zero attached hydrogens (tertiary/aromatic N) is 1. The van der Waals surface area contributed by atoms with Crippen molar-refractivity contribution in [2.75, 3.05) is 14.2 Å². The van der Waals surface area contributed by atoms with E-state index in [1.54, 1.807) is 20.3 Å². The molecule has 7 nitrogen and oxygen atoms in total. The van der Waals surface area contributed by atoms with Crippen LogP contribution in [0.1, 0.15) is 23.6 Å². The van der Waals surface area contributed by atoms with Gasteiger partial charge in [0.25, 0.3) is 5.91 Å². The molecule has 0 aromatic heterocycles. The molecule has 2 atom stereocenters. The summed E-state index contributed by atoms with van der Waals surface area (Å²) in [5.74, 6) is 1.37. The summed E-state index contributed by atoms with van der Waals surface area (Å²) in [6.45, 7) is 0. The number of benzene rings is 2. The second-order valence-electron chi connectivity index (χ2n) is 6.23. The van der Waals surface area contributed by atoms with Crippen LogP contribution in [0.3, 0.4) is 0 Å². The molecular formula is C21H24N4O3. The zero-order valence-corrected chi connectivity index (χ0v) is 15.9. The second kappa shape index (κ2) is 9.68. The maximum Gasteiger partial charge on any atom is 0.258 e. The van der Waals surface area contributed by atoms with Gasteiger partial charge in [-0.25, -0.2) is 16.3 Å². The molecule has 1 saturated heterocycles. The summed E-state index contributed by atoms with van der Waals surface area (Å²) < 4.78 is 10.7. The summed E-state index contributed by atoms with van der Waals surface area (Å²) in [4.78, 5) is 12.3. The number of ether oxygens (including phenoxy) is 2. The highest BCUT2D eigenvalue weighted by atomic mass is 16.5. The first-order valence-electron chi connectivity index (χ1n) is 8.99. The molecule has 146 valence electrons. The summed E-state index contributed by atoms with van der Waals surface area (Å²) >= 11 is 0. The molecule has 1 fully saturated rings. The molecule has 0 radical (unpaired) electrons. The van der Waals surface area contributed by atoms with Crippen LogP contribution in [-0.2, 0) is 4.79 Å². The Morgan fingerprint density at radius 2 is 1.79 bits per heavy atom. The van der Waals surface area contributed by atoms with Gasteiger partial charge in [-0.15, -0.1) is 0 Å². The molecule has 1 aliphatic rings. The Morgan fingerprint density at radius 1 is 1.07 bits per heavy atom. The van der Waals surface area contributed by atoms with Crippen LogP contribution in [0.5, 0.6) is 11.5 Å². The van der Waals surface area contributed by atoms with E-state index in [2.05, 4.69) is 21.4 Å². The first kappa shape index (κ1) is 19.6. The van der Waals surface area contributed by atoms with Gasteiger partial charge in [0.1, 0.15) is 17.5 Å².